The van der Waals surface area contributed by atoms with Gasteiger partial charge in [-0.15, -0.1) is 0 Å². The number of hydrogen-bond donors (Lipinski definition) is 3. The van der Waals surface area contributed by atoms with Gasteiger partial charge in [0.15, 0.2) is 0 Å². The molecule has 0 radical (unpaired) electrons. The molecule has 18 heavy (non-hydrogen) atoms. The standard InChI is InChI=1S/C12H22N4O2/c1-11(2,12(3,4)18)15-10(17)9(13)8-6-14-16(5)7-8/h6-7,9,18H,13H2,1-5H3,(H,15,17). The van der Waals surface area contributed by atoms with Gasteiger partial charge in [0.25, 0.3) is 0 Å². The summed E-state index contributed by atoms with van der Waals surface area (Å²) in [5.74, 6) is -0.338. The molecule has 1 atom stereocenters. The molecule has 6 nitrogen and oxygen atoms in total. The third kappa shape index (κ3) is 3.08. The molecule has 1 aromatic heterocycles. The Morgan fingerprint density at radius 3 is 2.44 bits per heavy atom. The van der Waals surface area contributed by atoms with Crippen LogP contribution < -0.4 is 11.1 Å². The number of rotatable bonds is 4. The van der Waals surface area contributed by atoms with Gasteiger partial charge in [0.05, 0.1) is 17.3 Å². The monoisotopic (exact) mass is 254 g/mol. The van der Waals surface area contributed by atoms with Crippen molar-refractivity contribution in [3.8, 4) is 0 Å². The second-order valence-corrected chi connectivity index (χ2v) is 5.60. The SMILES string of the molecule is Cn1cc(C(N)C(=O)NC(C)(C)C(C)(C)O)cn1. The van der Waals surface area contributed by atoms with Crippen molar-refractivity contribution < 1.29 is 9.90 Å². The first-order valence-corrected chi connectivity index (χ1v) is 5.83. The maximum atomic E-state index is 12.0. The van der Waals surface area contributed by atoms with Crippen LogP contribution in [0.1, 0.15) is 39.3 Å². The van der Waals surface area contributed by atoms with E-state index in [-0.39, 0.29) is 5.91 Å². The van der Waals surface area contributed by atoms with Crippen LogP contribution in [-0.2, 0) is 11.8 Å². The summed E-state index contributed by atoms with van der Waals surface area (Å²) in [4.78, 5) is 12.0. The molecule has 0 fully saturated rings. The van der Waals surface area contributed by atoms with Crippen LogP contribution in [0.4, 0.5) is 0 Å². The quantitative estimate of drug-likeness (QED) is 0.709. The molecular weight excluding hydrogens is 232 g/mol. The Hall–Kier alpha value is -1.40. The topological polar surface area (TPSA) is 93.2 Å². The minimum atomic E-state index is -1.04. The van der Waals surface area contributed by atoms with E-state index in [0.717, 1.165) is 0 Å². The van der Waals surface area contributed by atoms with E-state index in [2.05, 4.69) is 10.4 Å². The molecule has 4 N–H and O–H groups in total. The Kier molecular flexibility index (Phi) is 3.83. The Labute approximate surface area is 107 Å². The molecule has 1 heterocycles. The Bertz CT molecular complexity index is 432. The molecular formula is C12H22N4O2. The normalized spacial score (nSPS) is 14.4. The van der Waals surface area contributed by atoms with E-state index in [1.807, 2.05) is 0 Å². The highest BCUT2D eigenvalue weighted by atomic mass is 16.3. The lowest BCUT2D eigenvalue weighted by molar-refractivity contribution is -0.127. The molecule has 1 rings (SSSR count). The lowest BCUT2D eigenvalue weighted by Crippen LogP contribution is -2.59. The fraction of sp³-hybridized carbons (Fsp3) is 0.667. The lowest BCUT2D eigenvalue weighted by atomic mass is 9.85. The van der Waals surface area contributed by atoms with Gasteiger partial charge >= 0.3 is 0 Å². The summed E-state index contributed by atoms with van der Waals surface area (Å²) in [7, 11) is 1.76. The van der Waals surface area contributed by atoms with Crippen LogP contribution in [0.3, 0.4) is 0 Å². The summed E-state index contributed by atoms with van der Waals surface area (Å²) in [6.07, 6.45) is 3.25. The van der Waals surface area contributed by atoms with Crippen LogP contribution in [0.15, 0.2) is 12.4 Å². The van der Waals surface area contributed by atoms with Gasteiger partial charge in [0.2, 0.25) is 5.91 Å². The lowest BCUT2D eigenvalue weighted by Gasteiger charge is -2.38. The van der Waals surface area contributed by atoms with Crippen LogP contribution in [-0.4, -0.2) is 31.9 Å². The molecule has 0 aliphatic carbocycles. The number of carbonyl (C=O) groups excluding carboxylic acids is 1. The van der Waals surface area contributed by atoms with Crippen LogP contribution in [0.5, 0.6) is 0 Å². The van der Waals surface area contributed by atoms with Crippen molar-refractivity contribution in [2.45, 2.75) is 44.9 Å². The fourth-order valence-corrected chi connectivity index (χ4v) is 1.29. The third-order valence-corrected chi connectivity index (χ3v) is 3.33. The number of nitrogens with zero attached hydrogens (tertiary/aromatic N) is 2. The van der Waals surface area contributed by atoms with E-state index in [0.29, 0.717) is 5.56 Å². The van der Waals surface area contributed by atoms with Gasteiger partial charge in [-0.25, -0.2) is 0 Å². The van der Waals surface area contributed by atoms with Crippen LogP contribution in [0.25, 0.3) is 0 Å². The first-order valence-electron chi connectivity index (χ1n) is 5.83. The average molecular weight is 254 g/mol. The van der Waals surface area contributed by atoms with Crippen molar-refractivity contribution in [3.63, 3.8) is 0 Å². The molecule has 0 bridgehead atoms. The van der Waals surface area contributed by atoms with E-state index < -0.39 is 17.2 Å². The van der Waals surface area contributed by atoms with E-state index in [4.69, 9.17) is 5.73 Å². The molecule has 0 aliphatic rings. The highest BCUT2D eigenvalue weighted by molar-refractivity contribution is 5.83. The summed E-state index contributed by atoms with van der Waals surface area (Å²) in [6, 6.07) is -0.791. The van der Waals surface area contributed by atoms with Gasteiger partial charge in [-0.05, 0) is 27.7 Å². The van der Waals surface area contributed by atoms with Gasteiger partial charge in [-0.2, -0.15) is 5.10 Å². The minimum absolute atomic E-state index is 0.338. The predicted molar refractivity (Wildman–Crippen MR) is 68.7 cm³/mol. The zero-order valence-corrected chi connectivity index (χ0v) is 11.6. The third-order valence-electron chi connectivity index (χ3n) is 3.33. The number of aryl methyl sites for hydroxylation is 1. The fourth-order valence-electron chi connectivity index (χ4n) is 1.29. The van der Waals surface area contributed by atoms with Gasteiger partial charge < -0.3 is 16.2 Å². The summed E-state index contributed by atoms with van der Waals surface area (Å²) in [5, 5.41) is 16.7. The molecule has 0 saturated carbocycles. The molecule has 1 unspecified atom stereocenters. The number of aromatic nitrogens is 2. The molecule has 0 spiro atoms. The second kappa shape index (κ2) is 4.70. The number of hydrogen-bond acceptors (Lipinski definition) is 4. The molecule has 1 amide bonds. The smallest absolute Gasteiger partial charge is 0.242 e. The first kappa shape index (κ1) is 14.7. The molecule has 0 aromatic carbocycles. The number of amides is 1. The predicted octanol–water partition coefficient (Wildman–Crippen LogP) is 0.0856. The Morgan fingerprint density at radius 1 is 1.50 bits per heavy atom. The van der Waals surface area contributed by atoms with Gasteiger partial charge in [0, 0.05) is 18.8 Å². The van der Waals surface area contributed by atoms with Crippen molar-refractivity contribution in [1.82, 2.24) is 15.1 Å². The molecule has 1 aromatic rings. The van der Waals surface area contributed by atoms with Crippen molar-refractivity contribution in [2.24, 2.45) is 12.8 Å². The molecule has 0 aliphatic heterocycles. The average Bonchev–Trinajstić information content (AvgIpc) is 2.61. The zero-order chi connectivity index (χ0) is 14.1. The van der Waals surface area contributed by atoms with E-state index in [9.17, 15) is 9.90 Å². The van der Waals surface area contributed by atoms with E-state index >= 15 is 0 Å². The van der Waals surface area contributed by atoms with Crippen LogP contribution in [0.2, 0.25) is 0 Å². The number of aliphatic hydroxyl groups is 1. The largest absolute Gasteiger partial charge is 0.388 e. The minimum Gasteiger partial charge on any atom is -0.388 e. The summed E-state index contributed by atoms with van der Waals surface area (Å²) in [5.41, 5.74) is 4.68. The molecule has 102 valence electrons. The summed E-state index contributed by atoms with van der Waals surface area (Å²) >= 11 is 0. The van der Waals surface area contributed by atoms with Crippen LogP contribution in [0, 0.1) is 0 Å². The number of carbonyl (C=O) groups is 1. The zero-order valence-electron chi connectivity index (χ0n) is 11.6. The summed E-state index contributed by atoms with van der Waals surface area (Å²) < 4.78 is 1.59. The molecule has 6 heteroatoms. The van der Waals surface area contributed by atoms with Gasteiger partial charge in [0.1, 0.15) is 6.04 Å². The van der Waals surface area contributed by atoms with Crippen molar-refractivity contribution in [2.75, 3.05) is 0 Å². The highest BCUT2D eigenvalue weighted by Crippen LogP contribution is 2.21. The van der Waals surface area contributed by atoms with Gasteiger partial charge in [-0.1, -0.05) is 0 Å². The van der Waals surface area contributed by atoms with Crippen molar-refractivity contribution >= 4 is 5.91 Å². The number of nitrogens with two attached hydrogens (primary N) is 1. The Morgan fingerprint density at radius 2 is 2.06 bits per heavy atom. The summed E-state index contributed by atoms with van der Waals surface area (Å²) in [6.45, 7) is 6.79. The van der Waals surface area contributed by atoms with Crippen molar-refractivity contribution in [3.05, 3.63) is 18.0 Å². The molecule has 0 saturated heterocycles. The maximum absolute atomic E-state index is 12.0. The van der Waals surface area contributed by atoms with Crippen LogP contribution >= 0.6 is 0 Å². The van der Waals surface area contributed by atoms with Gasteiger partial charge in [-0.3, -0.25) is 9.48 Å². The van der Waals surface area contributed by atoms with E-state index in [1.165, 1.54) is 0 Å². The number of nitrogens with one attached hydrogen (secondary N) is 1. The highest BCUT2D eigenvalue weighted by Gasteiger charge is 2.37. The van der Waals surface area contributed by atoms with E-state index in [1.54, 1.807) is 51.8 Å². The van der Waals surface area contributed by atoms with Crippen molar-refractivity contribution in [1.29, 1.82) is 0 Å². The Balaban J connectivity index is 2.78. The first-order chi connectivity index (χ1) is 8.04. The second-order valence-electron chi connectivity index (χ2n) is 5.60. The maximum Gasteiger partial charge on any atom is 0.242 e.